The van der Waals surface area contributed by atoms with Gasteiger partial charge < -0.3 is 9.32 Å². The highest BCUT2D eigenvalue weighted by atomic mass is 16.3. The van der Waals surface area contributed by atoms with E-state index in [0.29, 0.717) is 6.54 Å². The molecule has 120 valence electrons. The summed E-state index contributed by atoms with van der Waals surface area (Å²) in [6.45, 7) is 6.85. The van der Waals surface area contributed by atoms with Gasteiger partial charge in [0.2, 0.25) is 5.91 Å². The van der Waals surface area contributed by atoms with Crippen LogP contribution in [0.25, 0.3) is 11.0 Å². The van der Waals surface area contributed by atoms with Crippen LogP contribution in [0.15, 0.2) is 28.7 Å². The Kier molecular flexibility index (Phi) is 5.64. The molecule has 0 N–H and O–H groups in total. The van der Waals surface area contributed by atoms with E-state index in [1.54, 1.807) is 0 Å². The fraction of sp³-hybridized carbons (Fsp3) is 0.526. The Morgan fingerprint density at radius 2 is 2.00 bits per heavy atom. The topological polar surface area (TPSA) is 33.5 Å². The third-order valence-electron chi connectivity index (χ3n) is 4.34. The van der Waals surface area contributed by atoms with Crippen LogP contribution < -0.4 is 0 Å². The van der Waals surface area contributed by atoms with Gasteiger partial charge in [-0.05, 0) is 18.9 Å². The van der Waals surface area contributed by atoms with E-state index in [2.05, 4.69) is 19.9 Å². The largest absolute Gasteiger partial charge is 0.461 e. The molecule has 0 saturated heterocycles. The molecule has 0 aliphatic heterocycles. The number of aryl methyl sites for hydroxylation is 1. The van der Waals surface area contributed by atoms with Gasteiger partial charge in [0.1, 0.15) is 11.3 Å². The van der Waals surface area contributed by atoms with Crippen LogP contribution in [-0.2, 0) is 17.8 Å². The number of benzene rings is 1. The number of carbonyl (C=O) groups is 1. The van der Waals surface area contributed by atoms with Gasteiger partial charge in [-0.15, -0.1) is 0 Å². The third kappa shape index (κ3) is 3.52. The highest BCUT2D eigenvalue weighted by Crippen LogP contribution is 2.28. The molecule has 0 bridgehead atoms. The molecule has 0 saturated carbocycles. The van der Waals surface area contributed by atoms with Gasteiger partial charge in [0, 0.05) is 36.9 Å². The predicted molar refractivity (Wildman–Crippen MR) is 90.8 cm³/mol. The molecular formula is C19H27NO2. The molecule has 1 aromatic carbocycles. The van der Waals surface area contributed by atoms with Gasteiger partial charge in [0.25, 0.3) is 0 Å². The van der Waals surface area contributed by atoms with Crippen molar-refractivity contribution < 1.29 is 9.21 Å². The lowest BCUT2D eigenvalue weighted by Crippen LogP contribution is -2.31. The molecule has 2 rings (SSSR count). The summed E-state index contributed by atoms with van der Waals surface area (Å²) in [4.78, 5) is 14.2. The van der Waals surface area contributed by atoms with Gasteiger partial charge >= 0.3 is 0 Å². The van der Waals surface area contributed by atoms with E-state index in [1.807, 2.05) is 37.1 Å². The Balaban J connectivity index is 2.29. The molecule has 0 aliphatic rings. The first kappa shape index (κ1) is 16.6. The van der Waals surface area contributed by atoms with Crippen molar-refractivity contribution in [3.63, 3.8) is 0 Å². The van der Waals surface area contributed by atoms with Gasteiger partial charge in [0.15, 0.2) is 0 Å². The van der Waals surface area contributed by atoms with Crippen molar-refractivity contribution in [1.29, 1.82) is 0 Å². The molecule has 0 radical (unpaired) electrons. The fourth-order valence-electron chi connectivity index (χ4n) is 2.73. The molecule has 22 heavy (non-hydrogen) atoms. The summed E-state index contributed by atoms with van der Waals surface area (Å²) < 4.78 is 6.03. The Hall–Kier alpha value is -1.77. The summed E-state index contributed by atoms with van der Waals surface area (Å²) in [6, 6.07) is 8.12. The molecule has 3 nitrogen and oxygen atoms in total. The van der Waals surface area contributed by atoms with Crippen molar-refractivity contribution >= 4 is 16.9 Å². The molecule has 1 unspecified atom stereocenters. The highest BCUT2D eigenvalue weighted by Gasteiger charge is 2.20. The van der Waals surface area contributed by atoms with E-state index >= 15 is 0 Å². The SMILES string of the molecule is CCCCc1oc2ccccc2c1CN(C)C(=O)C(C)CC. The molecule has 0 spiro atoms. The second-order valence-corrected chi connectivity index (χ2v) is 6.11. The van der Waals surface area contributed by atoms with E-state index in [1.165, 1.54) is 5.56 Å². The number of fused-ring (bicyclic) bond motifs is 1. The standard InChI is InChI=1S/C19H27NO2/c1-5-7-11-18-16(13-20(4)19(21)14(3)6-2)15-10-8-9-12-17(15)22-18/h8-10,12,14H,5-7,11,13H2,1-4H3. The van der Waals surface area contributed by atoms with E-state index in [0.717, 1.165) is 42.4 Å². The molecule has 1 aromatic heterocycles. The monoisotopic (exact) mass is 301 g/mol. The van der Waals surface area contributed by atoms with Crippen LogP contribution in [0.2, 0.25) is 0 Å². The number of hydrogen-bond donors (Lipinski definition) is 0. The summed E-state index contributed by atoms with van der Waals surface area (Å²) in [7, 11) is 1.89. The van der Waals surface area contributed by atoms with Gasteiger partial charge in [-0.1, -0.05) is 45.4 Å². The molecule has 1 atom stereocenters. The van der Waals surface area contributed by atoms with E-state index in [4.69, 9.17) is 4.42 Å². The van der Waals surface area contributed by atoms with E-state index < -0.39 is 0 Å². The Morgan fingerprint density at radius 1 is 1.27 bits per heavy atom. The summed E-state index contributed by atoms with van der Waals surface area (Å²) >= 11 is 0. The molecule has 3 heteroatoms. The summed E-state index contributed by atoms with van der Waals surface area (Å²) in [5.74, 6) is 1.31. The fourth-order valence-corrected chi connectivity index (χ4v) is 2.73. The van der Waals surface area contributed by atoms with Crippen LogP contribution in [0, 0.1) is 5.92 Å². The van der Waals surface area contributed by atoms with Gasteiger partial charge in [-0.3, -0.25) is 4.79 Å². The third-order valence-corrected chi connectivity index (χ3v) is 4.34. The average Bonchev–Trinajstić information content (AvgIpc) is 2.89. The van der Waals surface area contributed by atoms with Crippen molar-refractivity contribution in [2.24, 2.45) is 5.92 Å². The van der Waals surface area contributed by atoms with Crippen LogP contribution in [0.4, 0.5) is 0 Å². The lowest BCUT2D eigenvalue weighted by molar-refractivity contribution is -0.134. The zero-order chi connectivity index (χ0) is 16.1. The van der Waals surface area contributed by atoms with Crippen molar-refractivity contribution in [2.75, 3.05) is 7.05 Å². The number of hydrogen-bond acceptors (Lipinski definition) is 2. The first-order valence-electron chi connectivity index (χ1n) is 8.32. The van der Waals surface area contributed by atoms with Crippen molar-refractivity contribution in [3.8, 4) is 0 Å². The summed E-state index contributed by atoms with van der Waals surface area (Å²) in [5, 5.41) is 1.14. The average molecular weight is 301 g/mol. The van der Waals surface area contributed by atoms with Gasteiger partial charge in [-0.2, -0.15) is 0 Å². The zero-order valence-electron chi connectivity index (χ0n) is 14.2. The Labute approximate surface area is 133 Å². The summed E-state index contributed by atoms with van der Waals surface area (Å²) in [5.41, 5.74) is 2.09. The number of unbranched alkanes of at least 4 members (excludes halogenated alkanes) is 1. The van der Waals surface area contributed by atoms with Crippen LogP contribution in [0.3, 0.4) is 0 Å². The van der Waals surface area contributed by atoms with Gasteiger partial charge in [0.05, 0.1) is 0 Å². The molecular weight excluding hydrogens is 274 g/mol. The first-order valence-corrected chi connectivity index (χ1v) is 8.32. The second-order valence-electron chi connectivity index (χ2n) is 6.11. The lowest BCUT2D eigenvalue weighted by atomic mass is 10.0. The zero-order valence-corrected chi connectivity index (χ0v) is 14.2. The van der Waals surface area contributed by atoms with E-state index in [9.17, 15) is 4.79 Å². The number of furan rings is 1. The van der Waals surface area contributed by atoms with Crippen molar-refractivity contribution in [1.82, 2.24) is 4.90 Å². The van der Waals surface area contributed by atoms with Gasteiger partial charge in [-0.25, -0.2) is 0 Å². The Bertz CT molecular complexity index is 629. The van der Waals surface area contributed by atoms with Crippen LogP contribution >= 0.6 is 0 Å². The maximum absolute atomic E-state index is 12.4. The molecule has 0 aliphatic carbocycles. The minimum absolute atomic E-state index is 0.0715. The molecule has 1 heterocycles. The summed E-state index contributed by atoms with van der Waals surface area (Å²) in [6.07, 6.45) is 4.05. The van der Waals surface area contributed by atoms with Crippen LogP contribution in [-0.4, -0.2) is 17.9 Å². The molecule has 2 aromatic rings. The number of nitrogens with zero attached hydrogens (tertiary/aromatic N) is 1. The number of amides is 1. The first-order chi connectivity index (χ1) is 10.6. The lowest BCUT2D eigenvalue weighted by Gasteiger charge is -2.21. The maximum atomic E-state index is 12.4. The van der Waals surface area contributed by atoms with Crippen molar-refractivity contribution in [3.05, 3.63) is 35.6 Å². The molecule has 0 fully saturated rings. The number of para-hydroxylation sites is 1. The smallest absolute Gasteiger partial charge is 0.225 e. The minimum Gasteiger partial charge on any atom is -0.461 e. The van der Waals surface area contributed by atoms with E-state index in [-0.39, 0.29) is 11.8 Å². The minimum atomic E-state index is 0.0715. The quantitative estimate of drug-likeness (QED) is 0.737. The predicted octanol–water partition coefficient (Wildman–Crippen LogP) is 4.78. The van der Waals surface area contributed by atoms with Crippen molar-refractivity contribution in [2.45, 2.75) is 53.0 Å². The normalized spacial score (nSPS) is 12.5. The maximum Gasteiger partial charge on any atom is 0.225 e. The van der Waals surface area contributed by atoms with Crippen LogP contribution in [0.1, 0.15) is 51.4 Å². The Morgan fingerprint density at radius 3 is 2.68 bits per heavy atom. The highest BCUT2D eigenvalue weighted by molar-refractivity contribution is 5.83. The number of rotatable bonds is 7. The van der Waals surface area contributed by atoms with Crippen LogP contribution in [0.5, 0.6) is 0 Å². The number of carbonyl (C=O) groups excluding carboxylic acids is 1. The second kappa shape index (κ2) is 7.48. The molecule has 1 amide bonds.